The molecular weight excluding hydrogens is 583 g/mol. The number of fused-ring (bicyclic) bond motifs is 3. The summed E-state index contributed by atoms with van der Waals surface area (Å²) in [5, 5.41) is 5.44. The van der Waals surface area contributed by atoms with Gasteiger partial charge in [0.25, 0.3) is 0 Å². The minimum Gasteiger partial charge on any atom is -0.292 e. The van der Waals surface area contributed by atoms with Gasteiger partial charge in [-0.3, -0.25) is 4.57 Å². The maximum Gasteiger partial charge on any atom is 0.145 e. The van der Waals surface area contributed by atoms with Crippen LogP contribution < -0.4 is 43.7 Å². The van der Waals surface area contributed by atoms with Crippen LogP contribution >= 0.6 is 0 Å². The van der Waals surface area contributed by atoms with E-state index in [1.165, 1.54) is 87.5 Å². The molecule has 8 rings (SSSR count). The van der Waals surface area contributed by atoms with Gasteiger partial charge in [-0.05, 0) is 68.1 Å². The zero-order chi connectivity index (χ0) is 34.1. The molecule has 0 unspecified atom stereocenters. The van der Waals surface area contributed by atoms with Gasteiger partial charge in [0.1, 0.15) is 68.6 Å². The van der Waals surface area contributed by atoms with E-state index < -0.39 is 0 Å². The molecule has 10 heteroatoms. The Hall–Kier alpha value is -4.95. The lowest BCUT2D eigenvalue weighted by molar-refractivity contribution is 1.10. The van der Waals surface area contributed by atoms with Crippen molar-refractivity contribution in [2.24, 2.45) is 0 Å². The van der Waals surface area contributed by atoms with Crippen LogP contribution in [0.15, 0.2) is 109 Å². The molecule has 0 atom stereocenters. The van der Waals surface area contributed by atoms with E-state index >= 15 is 0 Å². The summed E-state index contributed by atoms with van der Waals surface area (Å²) in [4.78, 5) is 5.16. The van der Waals surface area contributed by atoms with Gasteiger partial charge in [-0.25, -0.2) is 4.98 Å². The minimum absolute atomic E-state index is 0.949. The van der Waals surface area contributed by atoms with E-state index in [4.69, 9.17) is 4.98 Å². The van der Waals surface area contributed by atoms with Crippen LogP contribution in [0.3, 0.4) is 0 Å². The summed E-state index contributed by atoms with van der Waals surface area (Å²) in [7, 11) is 18.5. The molecule has 0 saturated heterocycles. The van der Waals surface area contributed by atoms with Crippen molar-refractivity contribution in [3.8, 4) is 39.3 Å². The molecule has 1 aromatic heterocycles. The maximum absolute atomic E-state index is 5.16. The van der Waals surface area contributed by atoms with Gasteiger partial charge < -0.3 is 0 Å². The monoisotopic (exact) mass is 618 g/mol. The van der Waals surface area contributed by atoms with Crippen LogP contribution in [-0.4, -0.2) is 72.3 Å². The number of imidazole rings is 1. The van der Waals surface area contributed by atoms with E-state index in [1.54, 1.807) is 0 Å². The molecule has 1 heterocycles. The first-order chi connectivity index (χ1) is 23.7. The lowest BCUT2D eigenvalue weighted by atomic mass is 9.59. The molecule has 7 aromatic carbocycles. The molecule has 8 aromatic rings. The van der Waals surface area contributed by atoms with Crippen LogP contribution in [0.25, 0.3) is 71.9 Å². The van der Waals surface area contributed by atoms with Crippen molar-refractivity contribution in [1.82, 2.24) is 9.55 Å². The average molecular weight is 617 g/mol. The summed E-state index contributed by atoms with van der Waals surface area (Å²) in [5.74, 6) is 0.949. The van der Waals surface area contributed by atoms with E-state index in [0.29, 0.717) is 0 Å². The fraction of sp³-hybridized carbons (Fsp3) is 0. The summed E-state index contributed by atoms with van der Waals surface area (Å²) in [6, 6.07) is 39.2. The van der Waals surface area contributed by atoms with E-state index in [2.05, 4.69) is 177 Å². The van der Waals surface area contributed by atoms with E-state index in [9.17, 15) is 0 Å². The Morgan fingerprint density at radius 3 is 1.35 bits per heavy atom. The molecule has 0 fully saturated rings. The predicted octanol–water partition coefficient (Wildman–Crippen LogP) is -3.60. The Labute approximate surface area is 296 Å². The van der Waals surface area contributed by atoms with Crippen molar-refractivity contribution < 1.29 is 0 Å². The van der Waals surface area contributed by atoms with Crippen molar-refractivity contribution in [3.63, 3.8) is 0 Å². The highest BCUT2D eigenvalue weighted by atomic mass is 15.1. The van der Waals surface area contributed by atoms with Crippen molar-refractivity contribution in [1.29, 1.82) is 0 Å². The second-order valence-corrected chi connectivity index (χ2v) is 13.8. The Morgan fingerprint density at radius 2 is 0.816 bits per heavy atom. The van der Waals surface area contributed by atoms with Crippen molar-refractivity contribution in [2.75, 3.05) is 0 Å². The number of para-hydroxylation sites is 2. The van der Waals surface area contributed by atoms with Crippen LogP contribution in [0.5, 0.6) is 0 Å². The highest BCUT2D eigenvalue weighted by molar-refractivity contribution is 6.71. The second-order valence-electron chi connectivity index (χ2n) is 13.8. The minimum atomic E-state index is 0.949. The molecule has 0 amide bonds. The SMILES string of the molecule is Bc1c(B)c(B)c2c(-c3cccc(-n4c(-c5ccccc5)nc5ccccc54)c3)c3c(B)c(B)c(B)c(B)c3c(-c3ccccc3)c2c1B. The molecule has 0 aliphatic rings. The normalized spacial score (nSPS) is 11.5. The Kier molecular flexibility index (Phi) is 7.59. The number of hydrogen-bond donors (Lipinski definition) is 0. The number of aromatic nitrogens is 2. The number of rotatable bonds is 4. The average Bonchev–Trinajstić information content (AvgIpc) is 3.54. The van der Waals surface area contributed by atoms with Gasteiger partial charge in [0, 0.05) is 11.3 Å². The van der Waals surface area contributed by atoms with Crippen molar-refractivity contribution >= 4 is 139 Å². The van der Waals surface area contributed by atoms with Crippen LogP contribution in [-0.2, 0) is 0 Å². The zero-order valence-electron chi connectivity index (χ0n) is 29.8. The van der Waals surface area contributed by atoms with Gasteiger partial charge in [-0.15, -0.1) is 21.9 Å². The Balaban J connectivity index is 1.57. The van der Waals surface area contributed by atoms with Gasteiger partial charge in [0.2, 0.25) is 0 Å². The number of nitrogens with zero attached hydrogens (tertiary/aromatic N) is 2. The molecule has 0 spiro atoms. The highest BCUT2D eigenvalue weighted by Crippen LogP contribution is 2.41. The summed E-state index contributed by atoms with van der Waals surface area (Å²) >= 11 is 0. The lowest BCUT2D eigenvalue weighted by Crippen LogP contribution is -2.50. The standard InChI is InChI=1S/C39H34B8N2/c40-31-27-25(19-10-3-1-4-11-19)28-30(34(43)38(47)36(45)32(28)41)26(29(27)33(42)37(46)35(31)44)21-14-9-15-22(18-21)49-24-17-8-7-16-23(24)48-39(49)20-12-5-2-6-13-20/h1-18H,40-47H2. The summed E-state index contributed by atoms with van der Waals surface area (Å²) in [6.45, 7) is 0. The molecule has 0 saturated carbocycles. The Morgan fingerprint density at radius 1 is 0.388 bits per heavy atom. The smallest absolute Gasteiger partial charge is 0.145 e. The third-order valence-electron chi connectivity index (χ3n) is 11.4. The number of benzene rings is 7. The quantitative estimate of drug-likeness (QED) is 0.148. The molecular formula is C39H34B8N2. The first kappa shape index (κ1) is 31.3. The topological polar surface area (TPSA) is 17.8 Å². The number of hydrogen-bond acceptors (Lipinski definition) is 1. The third kappa shape index (κ3) is 4.71. The summed E-state index contributed by atoms with van der Waals surface area (Å²) in [6.07, 6.45) is 0. The molecule has 0 aliphatic carbocycles. The molecule has 224 valence electrons. The van der Waals surface area contributed by atoms with E-state index in [-0.39, 0.29) is 0 Å². The molecule has 49 heavy (non-hydrogen) atoms. The molecule has 0 N–H and O–H groups in total. The lowest BCUT2D eigenvalue weighted by Gasteiger charge is -2.28. The fourth-order valence-corrected chi connectivity index (χ4v) is 8.18. The maximum atomic E-state index is 5.16. The first-order valence-electron chi connectivity index (χ1n) is 17.3. The predicted molar refractivity (Wildman–Crippen MR) is 238 cm³/mol. The van der Waals surface area contributed by atoms with Gasteiger partial charge in [0.05, 0.1) is 11.0 Å². The molecule has 2 nitrogen and oxygen atoms in total. The third-order valence-corrected chi connectivity index (χ3v) is 11.4. The second kappa shape index (κ2) is 11.9. The van der Waals surface area contributed by atoms with Crippen molar-refractivity contribution in [3.05, 3.63) is 109 Å². The van der Waals surface area contributed by atoms with Crippen LogP contribution in [0.4, 0.5) is 0 Å². The van der Waals surface area contributed by atoms with Gasteiger partial charge >= 0.3 is 0 Å². The summed E-state index contributed by atoms with van der Waals surface area (Å²) < 4.78 is 2.33. The first-order valence-corrected chi connectivity index (χ1v) is 17.3. The zero-order valence-corrected chi connectivity index (χ0v) is 29.8. The van der Waals surface area contributed by atoms with Gasteiger partial charge in [-0.1, -0.05) is 107 Å². The van der Waals surface area contributed by atoms with Crippen molar-refractivity contribution in [2.45, 2.75) is 0 Å². The molecule has 0 bridgehead atoms. The van der Waals surface area contributed by atoms with Crippen LogP contribution in [0.2, 0.25) is 0 Å². The van der Waals surface area contributed by atoms with Crippen LogP contribution in [0.1, 0.15) is 0 Å². The fourth-order valence-electron chi connectivity index (χ4n) is 8.18. The molecule has 0 radical (unpaired) electrons. The highest BCUT2D eigenvalue weighted by Gasteiger charge is 2.25. The largest absolute Gasteiger partial charge is 0.292 e. The molecule has 0 aliphatic heterocycles. The van der Waals surface area contributed by atoms with Gasteiger partial charge in [0.15, 0.2) is 0 Å². The Bertz CT molecular complexity index is 2550. The summed E-state index contributed by atoms with van der Waals surface area (Å²) in [5.41, 5.74) is 20.4. The van der Waals surface area contributed by atoms with Crippen LogP contribution in [0, 0.1) is 0 Å². The van der Waals surface area contributed by atoms with E-state index in [0.717, 1.165) is 28.1 Å². The van der Waals surface area contributed by atoms with Gasteiger partial charge in [-0.2, -0.15) is 0 Å². The van der Waals surface area contributed by atoms with E-state index in [1.807, 2.05) is 0 Å².